The van der Waals surface area contributed by atoms with Crippen LogP contribution < -0.4 is 0 Å². The van der Waals surface area contributed by atoms with E-state index < -0.39 is 18.6 Å². The molecule has 0 bridgehead atoms. The van der Waals surface area contributed by atoms with E-state index in [1.165, 1.54) is 18.3 Å². The van der Waals surface area contributed by atoms with Gasteiger partial charge in [-0.1, -0.05) is 19.1 Å². The maximum absolute atomic E-state index is 13.5. The molecule has 0 aliphatic heterocycles. The molecule has 1 unspecified atom stereocenters. The van der Waals surface area contributed by atoms with Gasteiger partial charge in [0.05, 0.1) is 21.7 Å². The molecule has 0 fully saturated rings. The van der Waals surface area contributed by atoms with Gasteiger partial charge in [-0.15, -0.1) is 11.3 Å². The lowest BCUT2D eigenvalue weighted by molar-refractivity contribution is 0.0237. The summed E-state index contributed by atoms with van der Waals surface area (Å²) in [6.07, 6.45) is -0.198. The molecule has 0 spiro atoms. The molecule has 3 aromatic rings. The maximum Gasteiger partial charge on any atom is 0.350 e. The van der Waals surface area contributed by atoms with Crippen LogP contribution >= 0.6 is 11.3 Å². The van der Waals surface area contributed by atoms with Crippen molar-refractivity contribution in [2.24, 2.45) is 0 Å². The molecule has 5 nitrogen and oxygen atoms in total. The Kier molecular flexibility index (Phi) is 4.80. The van der Waals surface area contributed by atoms with Gasteiger partial charge >= 0.3 is 12.5 Å². The van der Waals surface area contributed by atoms with Crippen LogP contribution in [-0.2, 0) is 11.2 Å². The van der Waals surface area contributed by atoms with Crippen molar-refractivity contribution in [1.82, 2.24) is 14.5 Å². The first-order chi connectivity index (χ1) is 11.9. The van der Waals surface area contributed by atoms with Gasteiger partial charge in [-0.3, -0.25) is 4.57 Å². The van der Waals surface area contributed by atoms with Gasteiger partial charge in [-0.05, 0) is 32.4 Å². The van der Waals surface area contributed by atoms with Crippen molar-refractivity contribution < 1.29 is 18.3 Å². The highest BCUT2D eigenvalue weighted by Gasteiger charge is 2.26. The van der Waals surface area contributed by atoms with E-state index >= 15 is 0 Å². The molecule has 0 amide bonds. The molecule has 1 aromatic carbocycles. The predicted molar refractivity (Wildman–Crippen MR) is 91.0 cm³/mol. The number of halogens is 2. The van der Waals surface area contributed by atoms with Gasteiger partial charge < -0.3 is 4.74 Å². The number of nitrogens with zero attached hydrogens (tertiary/aromatic N) is 3. The first-order valence-corrected chi connectivity index (χ1v) is 8.66. The van der Waals surface area contributed by atoms with Crippen molar-refractivity contribution in [3.8, 4) is 0 Å². The zero-order chi connectivity index (χ0) is 18.1. The van der Waals surface area contributed by atoms with Gasteiger partial charge in [0.25, 0.3) is 0 Å². The van der Waals surface area contributed by atoms with Crippen LogP contribution in [0.4, 0.5) is 8.78 Å². The van der Waals surface area contributed by atoms with Crippen molar-refractivity contribution in [3.05, 3.63) is 45.7 Å². The van der Waals surface area contributed by atoms with Crippen LogP contribution in [0.5, 0.6) is 0 Å². The Morgan fingerprint density at radius 3 is 2.68 bits per heavy atom. The van der Waals surface area contributed by atoms with Crippen LogP contribution in [0.2, 0.25) is 0 Å². The molecule has 2 heterocycles. The molecule has 0 aliphatic carbocycles. The van der Waals surface area contributed by atoms with Gasteiger partial charge in [0.15, 0.2) is 11.9 Å². The van der Waals surface area contributed by atoms with Crippen molar-refractivity contribution in [2.75, 3.05) is 0 Å². The number of rotatable bonds is 5. The maximum atomic E-state index is 13.5. The highest BCUT2D eigenvalue weighted by molar-refractivity contribution is 7.13. The third-order valence-corrected chi connectivity index (χ3v) is 5.08. The normalized spacial score (nSPS) is 12.7. The van der Waals surface area contributed by atoms with Gasteiger partial charge in [0.2, 0.25) is 0 Å². The Balaban J connectivity index is 1.91. The highest BCUT2D eigenvalue weighted by atomic mass is 32.1. The van der Waals surface area contributed by atoms with Crippen LogP contribution in [0, 0.1) is 6.92 Å². The summed E-state index contributed by atoms with van der Waals surface area (Å²) in [6, 6.07) is 6.59. The topological polar surface area (TPSA) is 57.0 Å². The van der Waals surface area contributed by atoms with Crippen LogP contribution in [0.15, 0.2) is 24.3 Å². The Morgan fingerprint density at radius 2 is 2.04 bits per heavy atom. The number of thiazole rings is 1. The lowest BCUT2D eigenvalue weighted by Crippen LogP contribution is -2.14. The third kappa shape index (κ3) is 3.26. The Bertz CT molecular complexity index is 920. The lowest BCUT2D eigenvalue weighted by Gasteiger charge is -2.14. The molecular weight excluding hydrogens is 348 g/mol. The number of aromatic nitrogens is 3. The SMILES string of the molecule is CCc1nc(C)c(C(=O)OC(C)c2nc3ccccc3n2C(F)F)s1. The average molecular weight is 365 g/mol. The fraction of sp³-hybridized carbons (Fsp3) is 0.353. The van der Waals surface area contributed by atoms with Gasteiger partial charge in [0, 0.05) is 0 Å². The monoisotopic (exact) mass is 365 g/mol. The number of ether oxygens (including phenoxy) is 1. The number of imidazole rings is 1. The molecule has 3 rings (SSSR count). The molecule has 25 heavy (non-hydrogen) atoms. The van der Waals surface area contributed by atoms with Gasteiger partial charge in [-0.25, -0.2) is 14.8 Å². The fourth-order valence-corrected chi connectivity index (χ4v) is 3.50. The Morgan fingerprint density at radius 1 is 1.32 bits per heavy atom. The fourth-order valence-electron chi connectivity index (χ4n) is 2.61. The quantitative estimate of drug-likeness (QED) is 0.616. The number of aryl methyl sites for hydroxylation is 2. The van der Waals surface area contributed by atoms with Crippen molar-refractivity contribution in [3.63, 3.8) is 0 Å². The second-order valence-corrected chi connectivity index (χ2v) is 6.61. The minimum absolute atomic E-state index is 0.0161. The van der Waals surface area contributed by atoms with Crippen molar-refractivity contribution in [2.45, 2.75) is 39.8 Å². The van der Waals surface area contributed by atoms with E-state index in [2.05, 4.69) is 9.97 Å². The molecule has 8 heteroatoms. The van der Waals surface area contributed by atoms with Gasteiger partial charge in [-0.2, -0.15) is 8.78 Å². The summed E-state index contributed by atoms with van der Waals surface area (Å²) in [5, 5.41) is 0.830. The Labute approximate surface area is 147 Å². The number of hydrogen-bond donors (Lipinski definition) is 0. The van der Waals surface area contributed by atoms with Crippen LogP contribution in [0.3, 0.4) is 0 Å². The van der Waals surface area contributed by atoms with E-state index in [1.807, 2.05) is 6.92 Å². The highest BCUT2D eigenvalue weighted by Crippen LogP contribution is 2.29. The molecule has 0 radical (unpaired) electrons. The van der Waals surface area contributed by atoms with Crippen LogP contribution in [0.25, 0.3) is 11.0 Å². The van der Waals surface area contributed by atoms with E-state index in [0.29, 0.717) is 21.6 Å². The lowest BCUT2D eigenvalue weighted by atomic mass is 10.3. The first-order valence-electron chi connectivity index (χ1n) is 7.84. The van der Waals surface area contributed by atoms with Crippen molar-refractivity contribution in [1.29, 1.82) is 0 Å². The summed E-state index contributed by atoms with van der Waals surface area (Å²) in [5.74, 6) is -0.558. The molecule has 2 aromatic heterocycles. The summed E-state index contributed by atoms with van der Waals surface area (Å²) in [4.78, 5) is 21.3. The van der Waals surface area contributed by atoms with E-state index in [1.54, 1.807) is 31.2 Å². The number of carbonyl (C=O) groups excluding carboxylic acids is 1. The summed E-state index contributed by atoms with van der Waals surface area (Å²) in [6.45, 7) is 2.43. The number of para-hydroxylation sites is 2. The second kappa shape index (κ2) is 6.87. The summed E-state index contributed by atoms with van der Waals surface area (Å²) < 4.78 is 33.2. The zero-order valence-electron chi connectivity index (χ0n) is 14.0. The first kappa shape index (κ1) is 17.5. The van der Waals surface area contributed by atoms with E-state index in [0.717, 1.165) is 16.0 Å². The number of hydrogen-bond acceptors (Lipinski definition) is 5. The third-order valence-electron chi connectivity index (χ3n) is 3.79. The van der Waals surface area contributed by atoms with Crippen LogP contribution in [0.1, 0.15) is 52.7 Å². The van der Waals surface area contributed by atoms with Crippen LogP contribution in [-0.4, -0.2) is 20.5 Å². The number of benzene rings is 1. The number of alkyl halides is 2. The number of fused-ring (bicyclic) bond motifs is 1. The molecule has 0 saturated heterocycles. The molecule has 0 saturated carbocycles. The standard InChI is InChI=1S/C17H17F2N3O2S/c1-4-13-20-9(2)14(25-13)16(23)24-10(3)15-21-11-7-5-6-8-12(11)22(15)17(18)19/h5-8,10,17H,4H2,1-3H3. The summed E-state index contributed by atoms with van der Waals surface area (Å²) >= 11 is 1.26. The van der Waals surface area contributed by atoms with Crippen molar-refractivity contribution >= 4 is 28.3 Å². The molecule has 0 aliphatic rings. The summed E-state index contributed by atoms with van der Waals surface area (Å²) in [7, 11) is 0. The molecule has 132 valence electrons. The Hall–Kier alpha value is -2.35. The number of carbonyl (C=O) groups is 1. The van der Waals surface area contributed by atoms with E-state index in [9.17, 15) is 13.6 Å². The minimum Gasteiger partial charge on any atom is -0.450 e. The second-order valence-electron chi connectivity index (χ2n) is 5.53. The van der Waals surface area contributed by atoms with E-state index in [-0.39, 0.29) is 5.82 Å². The zero-order valence-corrected chi connectivity index (χ0v) is 14.8. The molecular formula is C17H17F2N3O2S. The number of esters is 1. The molecule has 1 atom stereocenters. The largest absolute Gasteiger partial charge is 0.450 e. The molecule has 0 N–H and O–H groups in total. The minimum atomic E-state index is -2.78. The van der Waals surface area contributed by atoms with E-state index in [4.69, 9.17) is 4.74 Å². The average Bonchev–Trinajstić information content (AvgIpc) is 3.15. The predicted octanol–water partition coefficient (Wildman–Crippen LogP) is 4.68. The van der Waals surface area contributed by atoms with Gasteiger partial charge in [0.1, 0.15) is 4.88 Å². The summed E-state index contributed by atoms with van der Waals surface area (Å²) in [5.41, 5.74) is 1.32. The smallest absolute Gasteiger partial charge is 0.350 e.